The van der Waals surface area contributed by atoms with Crippen LogP contribution in [-0.2, 0) is 0 Å². The van der Waals surface area contributed by atoms with Crippen molar-refractivity contribution in [1.82, 2.24) is 15.0 Å². The van der Waals surface area contributed by atoms with E-state index in [0.717, 1.165) is 32.7 Å². The fourth-order valence-electron chi connectivity index (χ4n) is 5.08. The Bertz CT molecular complexity index is 1970. The molecule has 0 atom stereocenters. The largest absolute Gasteiger partial charge is 0.226 e. The van der Waals surface area contributed by atoms with Crippen LogP contribution in [0.2, 0.25) is 5.28 Å². The second-order valence-corrected chi connectivity index (χ2v) is 9.84. The van der Waals surface area contributed by atoms with Crippen LogP contribution in [0.5, 0.6) is 0 Å². The topological polar surface area (TPSA) is 38.7 Å². The molecule has 6 aromatic carbocycles. The van der Waals surface area contributed by atoms with Gasteiger partial charge in [0.2, 0.25) is 5.28 Å². The van der Waals surface area contributed by atoms with Crippen LogP contribution < -0.4 is 0 Å². The fourth-order valence-corrected chi connectivity index (χ4v) is 5.24. The van der Waals surface area contributed by atoms with E-state index in [2.05, 4.69) is 119 Å². The van der Waals surface area contributed by atoms with E-state index in [0.29, 0.717) is 11.6 Å². The van der Waals surface area contributed by atoms with Crippen LogP contribution in [0.1, 0.15) is 0 Å². The molecule has 0 aliphatic heterocycles. The smallest absolute Gasteiger partial charge is 0.208 e. The lowest BCUT2D eigenvalue weighted by molar-refractivity contribution is 1.07. The lowest BCUT2D eigenvalue weighted by atomic mass is 9.96. The van der Waals surface area contributed by atoms with Crippen molar-refractivity contribution < 1.29 is 0 Å². The predicted octanol–water partition coefficient (Wildman–Crippen LogP) is 9.50. The fraction of sp³-hybridized carbons (Fsp3) is 0. The molecular formula is C35H22ClN3. The van der Waals surface area contributed by atoms with Gasteiger partial charge in [0.05, 0.1) is 0 Å². The van der Waals surface area contributed by atoms with Crippen molar-refractivity contribution in [3.05, 3.63) is 139 Å². The van der Waals surface area contributed by atoms with Crippen molar-refractivity contribution in [2.45, 2.75) is 0 Å². The van der Waals surface area contributed by atoms with Crippen LogP contribution in [0.25, 0.3) is 66.6 Å². The van der Waals surface area contributed by atoms with Crippen molar-refractivity contribution in [3.63, 3.8) is 0 Å². The minimum atomic E-state index is 0.172. The Morgan fingerprint density at radius 3 is 1.64 bits per heavy atom. The van der Waals surface area contributed by atoms with Gasteiger partial charge in [0, 0.05) is 11.1 Å². The maximum atomic E-state index is 6.44. The summed E-state index contributed by atoms with van der Waals surface area (Å²) in [5.41, 5.74) is 6.51. The summed E-state index contributed by atoms with van der Waals surface area (Å²) in [6, 6.07) is 46.2. The molecule has 0 spiro atoms. The van der Waals surface area contributed by atoms with Crippen LogP contribution in [0.3, 0.4) is 0 Å². The van der Waals surface area contributed by atoms with Gasteiger partial charge in [-0.05, 0) is 73.6 Å². The van der Waals surface area contributed by atoms with Gasteiger partial charge in [-0.1, -0.05) is 115 Å². The van der Waals surface area contributed by atoms with Crippen molar-refractivity contribution in [1.29, 1.82) is 0 Å². The molecule has 0 saturated heterocycles. The van der Waals surface area contributed by atoms with Gasteiger partial charge in [0.1, 0.15) is 0 Å². The maximum absolute atomic E-state index is 6.44. The Morgan fingerprint density at radius 1 is 0.385 bits per heavy atom. The summed E-state index contributed by atoms with van der Waals surface area (Å²) >= 11 is 6.44. The summed E-state index contributed by atoms with van der Waals surface area (Å²) in [6.45, 7) is 0. The molecule has 0 radical (unpaired) electrons. The van der Waals surface area contributed by atoms with Gasteiger partial charge in [-0.25, -0.2) is 4.98 Å². The third-order valence-electron chi connectivity index (χ3n) is 7.04. The highest BCUT2D eigenvalue weighted by atomic mass is 35.5. The Hall–Kier alpha value is -4.86. The van der Waals surface area contributed by atoms with Crippen molar-refractivity contribution in [2.75, 3.05) is 0 Å². The zero-order valence-electron chi connectivity index (χ0n) is 20.9. The number of aromatic nitrogens is 3. The van der Waals surface area contributed by atoms with E-state index in [9.17, 15) is 0 Å². The first kappa shape index (κ1) is 23.3. The molecule has 1 heterocycles. The number of nitrogens with zero attached hydrogens (tertiary/aromatic N) is 3. The van der Waals surface area contributed by atoms with E-state index in [1.54, 1.807) is 0 Å². The lowest BCUT2D eigenvalue weighted by Crippen LogP contribution is -1.97. The molecule has 0 saturated carbocycles. The number of benzene rings is 6. The molecular weight excluding hydrogens is 498 g/mol. The summed E-state index contributed by atoms with van der Waals surface area (Å²) in [5.74, 6) is 1.10. The van der Waals surface area contributed by atoms with E-state index >= 15 is 0 Å². The van der Waals surface area contributed by atoms with Gasteiger partial charge in [-0.15, -0.1) is 0 Å². The first-order chi connectivity index (χ1) is 19.2. The third-order valence-corrected chi connectivity index (χ3v) is 7.21. The van der Waals surface area contributed by atoms with Crippen LogP contribution in [-0.4, -0.2) is 15.0 Å². The molecule has 7 aromatic rings. The Labute approximate surface area is 231 Å². The summed E-state index contributed by atoms with van der Waals surface area (Å²) in [6.07, 6.45) is 0. The number of halogens is 1. The van der Waals surface area contributed by atoms with Gasteiger partial charge >= 0.3 is 0 Å². The first-order valence-corrected chi connectivity index (χ1v) is 13.2. The number of rotatable bonds is 4. The average Bonchev–Trinajstić information content (AvgIpc) is 3.00. The molecule has 0 N–H and O–H groups in total. The van der Waals surface area contributed by atoms with Gasteiger partial charge in [0.15, 0.2) is 11.6 Å². The quantitative estimate of drug-likeness (QED) is 0.232. The Kier molecular flexibility index (Phi) is 5.84. The van der Waals surface area contributed by atoms with E-state index in [1.165, 1.54) is 22.3 Å². The highest BCUT2D eigenvalue weighted by Crippen LogP contribution is 2.33. The summed E-state index contributed by atoms with van der Waals surface area (Å²) in [4.78, 5) is 13.8. The molecule has 0 amide bonds. The Morgan fingerprint density at radius 2 is 0.949 bits per heavy atom. The average molecular weight is 520 g/mol. The van der Waals surface area contributed by atoms with Crippen LogP contribution >= 0.6 is 11.6 Å². The van der Waals surface area contributed by atoms with Crippen molar-refractivity contribution in [2.24, 2.45) is 0 Å². The Balaban J connectivity index is 1.29. The monoisotopic (exact) mass is 519 g/mol. The lowest BCUT2D eigenvalue weighted by Gasteiger charge is -2.10. The highest BCUT2D eigenvalue weighted by Gasteiger charge is 2.12. The summed E-state index contributed by atoms with van der Waals surface area (Å²) in [7, 11) is 0. The van der Waals surface area contributed by atoms with E-state index in [4.69, 9.17) is 16.6 Å². The number of fused-ring (bicyclic) bond motifs is 2. The van der Waals surface area contributed by atoms with Gasteiger partial charge in [0.25, 0.3) is 0 Å². The van der Waals surface area contributed by atoms with Crippen molar-refractivity contribution in [3.8, 4) is 45.0 Å². The van der Waals surface area contributed by atoms with Gasteiger partial charge in [-0.3, -0.25) is 0 Å². The summed E-state index contributed by atoms with van der Waals surface area (Å²) < 4.78 is 0. The minimum absolute atomic E-state index is 0.172. The molecule has 0 unspecified atom stereocenters. The standard InChI is InChI=1S/C35H22ClN3/c36-35-38-33(29-19-17-27-20-26(15-16-28(27)21-29)23-8-3-1-4-9-23)37-34(39-35)30-18-14-25-12-7-13-31(32(25)22-30)24-10-5-2-6-11-24/h1-22H. The first-order valence-electron chi connectivity index (χ1n) is 12.8. The van der Waals surface area contributed by atoms with E-state index in [-0.39, 0.29) is 5.28 Å². The molecule has 3 nitrogen and oxygen atoms in total. The molecule has 0 aliphatic carbocycles. The molecule has 7 rings (SSSR count). The second kappa shape index (κ2) is 9.79. The molecule has 39 heavy (non-hydrogen) atoms. The third kappa shape index (κ3) is 4.54. The number of hydrogen-bond donors (Lipinski definition) is 0. The van der Waals surface area contributed by atoms with Crippen LogP contribution in [0.15, 0.2) is 133 Å². The molecule has 0 bridgehead atoms. The SMILES string of the molecule is Clc1nc(-c2ccc3cc(-c4ccccc4)ccc3c2)nc(-c2ccc3cccc(-c4ccccc4)c3c2)n1. The zero-order valence-corrected chi connectivity index (χ0v) is 21.7. The van der Waals surface area contributed by atoms with E-state index < -0.39 is 0 Å². The van der Waals surface area contributed by atoms with Crippen molar-refractivity contribution >= 4 is 33.1 Å². The van der Waals surface area contributed by atoms with E-state index in [1.807, 2.05) is 24.3 Å². The maximum Gasteiger partial charge on any atom is 0.226 e. The van der Waals surface area contributed by atoms with Gasteiger partial charge in [-0.2, -0.15) is 9.97 Å². The molecule has 0 aliphatic rings. The minimum Gasteiger partial charge on any atom is -0.208 e. The molecule has 4 heteroatoms. The summed E-state index contributed by atoms with van der Waals surface area (Å²) in [5, 5.41) is 4.74. The number of hydrogen-bond acceptors (Lipinski definition) is 3. The van der Waals surface area contributed by atoms with Gasteiger partial charge < -0.3 is 0 Å². The van der Waals surface area contributed by atoms with Crippen LogP contribution in [0.4, 0.5) is 0 Å². The zero-order chi connectivity index (χ0) is 26.2. The predicted molar refractivity (Wildman–Crippen MR) is 162 cm³/mol. The molecule has 184 valence electrons. The molecule has 1 aromatic heterocycles. The normalized spacial score (nSPS) is 11.2. The highest BCUT2D eigenvalue weighted by molar-refractivity contribution is 6.28. The molecule has 0 fully saturated rings. The second-order valence-electron chi connectivity index (χ2n) is 9.50. The van der Waals surface area contributed by atoms with Crippen LogP contribution in [0, 0.1) is 0 Å².